The highest BCUT2D eigenvalue weighted by molar-refractivity contribution is 5.97. The Morgan fingerprint density at radius 1 is 1.20 bits per heavy atom. The van der Waals surface area contributed by atoms with Crippen molar-refractivity contribution in [2.45, 2.75) is 13.0 Å². The maximum Gasteiger partial charge on any atom is 0.307 e. The van der Waals surface area contributed by atoms with E-state index in [1.54, 1.807) is 24.3 Å². The summed E-state index contributed by atoms with van der Waals surface area (Å²) in [6, 6.07) is 6.79. The summed E-state index contributed by atoms with van der Waals surface area (Å²) in [7, 11) is 0. The highest BCUT2D eigenvalue weighted by atomic mass is 16.4. The molecule has 132 valence electrons. The fourth-order valence-electron chi connectivity index (χ4n) is 2.84. The van der Waals surface area contributed by atoms with Crippen LogP contribution in [0.3, 0.4) is 0 Å². The Morgan fingerprint density at radius 2 is 1.92 bits per heavy atom. The second-order valence-corrected chi connectivity index (χ2v) is 6.28. The number of carboxylic acids is 1. The van der Waals surface area contributed by atoms with Gasteiger partial charge in [-0.2, -0.15) is 0 Å². The molecule has 8 nitrogen and oxygen atoms in total. The summed E-state index contributed by atoms with van der Waals surface area (Å²) in [6.07, 6.45) is 0.387. The molecule has 3 N–H and O–H groups in total. The van der Waals surface area contributed by atoms with Crippen molar-refractivity contribution >= 4 is 23.7 Å². The largest absolute Gasteiger partial charge is 0.481 e. The molecule has 2 atom stereocenters. The molecular weight excluding hydrogens is 326 g/mol. The lowest BCUT2D eigenvalue weighted by Crippen LogP contribution is -2.49. The maximum absolute atomic E-state index is 12.3. The average molecular weight is 345 g/mol. The molecule has 1 aromatic carbocycles. The van der Waals surface area contributed by atoms with Gasteiger partial charge in [0.1, 0.15) is 0 Å². The van der Waals surface area contributed by atoms with Crippen LogP contribution in [0.15, 0.2) is 24.3 Å². The number of nitrogens with one attached hydrogen (secondary N) is 2. The second kappa shape index (κ2) is 6.92. The molecule has 1 aliphatic heterocycles. The monoisotopic (exact) mass is 345 g/mol. The molecule has 0 bridgehead atoms. The van der Waals surface area contributed by atoms with Crippen LogP contribution in [0.1, 0.15) is 22.3 Å². The van der Waals surface area contributed by atoms with E-state index in [0.29, 0.717) is 25.1 Å². The zero-order chi connectivity index (χ0) is 18.0. The number of piperazine rings is 1. The molecule has 8 heteroatoms. The van der Waals surface area contributed by atoms with E-state index in [2.05, 4.69) is 10.6 Å². The number of carbonyl (C=O) groups is 4. The highest BCUT2D eigenvalue weighted by Crippen LogP contribution is 2.38. The van der Waals surface area contributed by atoms with Crippen LogP contribution in [0.25, 0.3) is 0 Å². The van der Waals surface area contributed by atoms with Gasteiger partial charge in [0, 0.05) is 25.2 Å². The number of amides is 3. The molecule has 25 heavy (non-hydrogen) atoms. The van der Waals surface area contributed by atoms with Crippen LogP contribution in [0.5, 0.6) is 0 Å². The molecule has 0 aromatic heterocycles. The van der Waals surface area contributed by atoms with Crippen LogP contribution in [0.4, 0.5) is 0 Å². The van der Waals surface area contributed by atoms with E-state index in [0.717, 1.165) is 5.56 Å². The molecule has 2 aliphatic rings. The van der Waals surface area contributed by atoms with Gasteiger partial charge in [0.05, 0.1) is 18.4 Å². The average Bonchev–Trinajstić information content (AvgIpc) is 3.40. The van der Waals surface area contributed by atoms with Gasteiger partial charge in [-0.3, -0.25) is 19.2 Å². The Labute approximate surface area is 144 Å². The first-order chi connectivity index (χ1) is 12.0. The highest BCUT2D eigenvalue weighted by Gasteiger charge is 2.48. The van der Waals surface area contributed by atoms with Crippen LogP contribution in [-0.4, -0.2) is 53.3 Å². The van der Waals surface area contributed by atoms with Crippen molar-refractivity contribution in [2.24, 2.45) is 11.8 Å². The minimum Gasteiger partial charge on any atom is -0.481 e. The summed E-state index contributed by atoms with van der Waals surface area (Å²) >= 11 is 0. The Hall–Kier alpha value is -2.90. The molecule has 1 aromatic rings. The zero-order valence-corrected chi connectivity index (χ0v) is 13.5. The van der Waals surface area contributed by atoms with Gasteiger partial charge in [-0.1, -0.05) is 12.1 Å². The first-order valence-corrected chi connectivity index (χ1v) is 8.11. The van der Waals surface area contributed by atoms with Crippen molar-refractivity contribution in [3.8, 4) is 0 Å². The molecule has 1 saturated heterocycles. The second-order valence-electron chi connectivity index (χ2n) is 6.28. The SMILES string of the molecule is O=C1CN(C(=O)c2ccc(CNC(=O)C3CC3C(=O)O)cc2)CCN1. The number of nitrogens with zero attached hydrogens (tertiary/aromatic N) is 1. The summed E-state index contributed by atoms with van der Waals surface area (Å²) in [5, 5.41) is 14.2. The Bertz CT molecular complexity index is 715. The Balaban J connectivity index is 1.52. The summed E-state index contributed by atoms with van der Waals surface area (Å²) in [4.78, 5) is 47.8. The molecule has 1 aliphatic carbocycles. The summed E-state index contributed by atoms with van der Waals surface area (Å²) in [5.41, 5.74) is 1.30. The van der Waals surface area contributed by atoms with Gasteiger partial charge in [0.2, 0.25) is 11.8 Å². The molecule has 1 heterocycles. The van der Waals surface area contributed by atoms with Crippen molar-refractivity contribution in [3.63, 3.8) is 0 Å². The van der Waals surface area contributed by atoms with Crippen molar-refractivity contribution < 1.29 is 24.3 Å². The van der Waals surface area contributed by atoms with E-state index in [9.17, 15) is 19.2 Å². The molecule has 0 radical (unpaired) electrons. The van der Waals surface area contributed by atoms with Crippen molar-refractivity contribution in [1.29, 1.82) is 0 Å². The van der Waals surface area contributed by atoms with E-state index in [1.807, 2.05) is 0 Å². The van der Waals surface area contributed by atoms with Gasteiger partial charge < -0.3 is 20.6 Å². The third kappa shape index (κ3) is 3.96. The van der Waals surface area contributed by atoms with Crippen molar-refractivity contribution in [3.05, 3.63) is 35.4 Å². The fraction of sp³-hybridized carbons (Fsp3) is 0.412. The Kier molecular flexibility index (Phi) is 4.69. The number of benzene rings is 1. The third-order valence-corrected chi connectivity index (χ3v) is 4.44. The molecule has 2 unspecified atom stereocenters. The standard InChI is InChI=1S/C17H19N3O5/c21-14-9-20(6-5-18-14)16(23)11-3-1-10(2-4-11)8-19-15(22)12-7-13(12)17(24)25/h1-4,12-13H,5-9H2,(H,18,21)(H,19,22)(H,24,25). The molecule has 3 amide bonds. The van der Waals surface area contributed by atoms with Crippen molar-refractivity contribution in [2.75, 3.05) is 19.6 Å². The van der Waals surface area contributed by atoms with E-state index in [1.165, 1.54) is 4.90 Å². The molecule has 3 rings (SSSR count). The molecule has 0 spiro atoms. The van der Waals surface area contributed by atoms with Gasteiger partial charge >= 0.3 is 5.97 Å². The first-order valence-electron chi connectivity index (χ1n) is 8.11. The number of carboxylic acid groups (broad SMARTS) is 1. The van der Waals surface area contributed by atoms with Gasteiger partial charge in [-0.25, -0.2) is 0 Å². The van der Waals surface area contributed by atoms with Crippen LogP contribution in [0.2, 0.25) is 0 Å². The molecule has 1 saturated carbocycles. The van der Waals surface area contributed by atoms with E-state index >= 15 is 0 Å². The lowest BCUT2D eigenvalue weighted by molar-refractivity contribution is -0.140. The van der Waals surface area contributed by atoms with Crippen LogP contribution in [-0.2, 0) is 20.9 Å². The van der Waals surface area contributed by atoms with Crippen LogP contribution in [0, 0.1) is 11.8 Å². The van der Waals surface area contributed by atoms with Crippen LogP contribution >= 0.6 is 0 Å². The zero-order valence-electron chi connectivity index (χ0n) is 13.5. The summed E-state index contributed by atoms with van der Waals surface area (Å²) < 4.78 is 0. The first kappa shape index (κ1) is 16.9. The van der Waals surface area contributed by atoms with Crippen molar-refractivity contribution in [1.82, 2.24) is 15.5 Å². The predicted molar refractivity (Wildman–Crippen MR) is 86.4 cm³/mol. The van der Waals surface area contributed by atoms with Crippen LogP contribution < -0.4 is 10.6 Å². The van der Waals surface area contributed by atoms with Gasteiger partial charge in [-0.05, 0) is 24.1 Å². The maximum atomic E-state index is 12.3. The normalized spacial score (nSPS) is 22.1. The van der Waals surface area contributed by atoms with E-state index in [-0.39, 0.29) is 30.8 Å². The minimum atomic E-state index is -0.936. The van der Waals surface area contributed by atoms with E-state index in [4.69, 9.17) is 5.11 Å². The summed E-state index contributed by atoms with van der Waals surface area (Å²) in [5.74, 6) is -2.57. The molecule has 2 fully saturated rings. The fourth-order valence-corrected chi connectivity index (χ4v) is 2.84. The molecular formula is C17H19N3O5. The van der Waals surface area contributed by atoms with Gasteiger partial charge in [0.15, 0.2) is 0 Å². The Morgan fingerprint density at radius 3 is 2.52 bits per heavy atom. The number of hydrogen-bond acceptors (Lipinski definition) is 4. The van der Waals surface area contributed by atoms with E-state index < -0.39 is 17.8 Å². The van der Waals surface area contributed by atoms with Gasteiger partial charge in [-0.15, -0.1) is 0 Å². The number of rotatable bonds is 5. The number of carbonyl (C=O) groups excluding carboxylic acids is 3. The lowest BCUT2D eigenvalue weighted by atomic mass is 10.1. The quantitative estimate of drug-likeness (QED) is 0.671. The number of aliphatic carboxylic acids is 1. The third-order valence-electron chi connectivity index (χ3n) is 4.44. The minimum absolute atomic E-state index is 0.0583. The topological polar surface area (TPSA) is 116 Å². The van der Waals surface area contributed by atoms with Gasteiger partial charge in [0.25, 0.3) is 5.91 Å². The smallest absolute Gasteiger partial charge is 0.307 e. The summed E-state index contributed by atoms with van der Waals surface area (Å²) in [6.45, 7) is 1.27. The lowest BCUT2D eigenvalue weighted by Gasteiger charge is -2.26. The predicted octanol–water partition coefficient (Wildman–Crippen LogP) is -0.404. The number of hydrogen-bond donors (Lipinski definition) is 3.